The third-order valence-corrected chi connectivity index (χ3v) is 5.42. The summed E-state index contributed by atoms with van der Waals surface area (Å²) in [5.74, 6) is -0.369. The number of nitrogens with two attached hydrogens (primary N) is 1. The van der Waals surface area contributed by atoms with E-state index in [1.165, 1.54) is 18.7 Å². The Hall–Kier alpha value is -2.22. The van der Waals surface area contributed by atoms with Crippen LogP contribution in [-0.2, 0) is 25.8 Å². The van der Waals surface area contributed by atoms with Crippen molar-refractivity contribution in [1.82, 2.24) is 5.32 Å². The fourth-order valence-electron chi connectivity index (χ4n) is 2.73. The largest absolute Gasteiger partial charge is 0.383 e. The molecule has 2 aromatic carbocycles. The van der Waals surface area contributed by atoms with Crippen LogP contribution in [-0.4, -0.2) is 40.3 Å². The molecular formula is C20H26N2O4S. The Balaban J connectivity index is 2.44. The highest BCUT2D eigenvalue weighted by Crippen LogP contribution is 2.25. The van der Waals surface area contributed by atoms with Crippen molar-refractivity contribution in [2.75, 3.05) is 20.0 Å². The van der Waals surface area contributed by atoms with Crippen LogP contribution in [0.5, 0.6) is 0 Å². The third kappa shape index (κ3) is 5.63. The summed E-state index contributed by atoms with van der Waals surface area (Å²) in [4.78, 5) is 12.7. The molecule has 6 nitrogen and oxygen atoms in total. The lowest BCUT2D eigenvalue weighted by Crippen LogP contribution is -2.45. The van der Waals surface area contributed by atoms with E-state index in [1.807, 2.05) is 24.3 Å². The molecule has 0 fully saturated rings. The van der Waals surface area contributed by atoms with E-state index in [1.54, 1.807) is 18.2 Å². The van der Waals surface area contributed by atoms with Crippen LogP contribution in [0.2, 0.25) is 0 Å². The van der Waals surface area contributed by atoms with Crippen molar-refractivity contribution in [1.29, 1.82) is 0 Å². The first-order chi connectivity index (χ1) is 12.8. The Bertz CT molecular complexity index is 879. The zero-order valence-electron chi connectivity index (χ0n) is 15.8. The van der Waals surface area contributed by atoms with Crippen LogP contribution in [0.25, 0.3) is 0 Å². The van der Waals surface area contributed by atoms with Gasteiger partial charge in [-0.25, -0.2) is 8.42 Å². The highest BCUT2D eigenvalue weighted by atomic mass is 32.2. The number of hydrogen-bond acceptors (Lipinski definition) is 5. The van der Waals surface area contributed by atoms with Gasteiger partial charge in [0.25, 0.3) is 0 Å². The molecule has 0 spiro atoms. The molecule has 2 atom stereocenters. The molecule has 2 aromatic rings. The Labute approximate surface area is 160 Å². The molecule has 0 aromatic heterocycles. The maximum Gasteiger partial charge on any atom is 0.240 e. The van der Waals surface area contributed by atoms with E-state index in [-0.39, 0.29) is 17.4 Å². The van der Waals surface area contributed by atoms with E-state index in [0.29, 0.717) is 5.56 Å². The number of carbonyl (C=O) groups excluding carboxylic acids is 1. The number of rotatable bonds is 8. The molecule has 0 aliphatic heterocycles. The number of amides is 1. The van der Waals surface area contributed by atoms with Crippen molar-refractivity contribution in [3.63, 3.8) is 0 Å². The Morgan fingerprint density at radius 3 is 2.37 bits per heavy atom. The summed E-state index contributed by atoms with van der Waals surface area (Å²) < 4.78 is 28.8. The minimum Gasteiger partial charge on any atom is -0.383 e. The average Bonchev–Trinajstić information content (AvgIpc) is 2.65. The molecule has 0 bridgehead atoms. The van der Waals surface area contributed by atoms with E-state index >= 15 is 0 Å². The van der Waals surface area contributed by atoms with Crippen LogP contribution in [0.4, 0.5) is 0 Å². The average molecular weight is 391 g/mol. The molecule has 1 amide bonds. The van der Waals surface area contributed by atoms with Gasteiger partial charge >= 0.3 is 0 Å². The summed E-state index contributed by atoms with van der Waals surface area (Å²) in [6, 6.07) is 13.1. The lowest BCUT2D eigenvalue weighted by molar-refractivity contribution is -0.123. The predicted octanol–water partition coefficient (Wildman–Crippen LogP) is 1.83. The van der Waals surface area contributed by atoms with Crippen molar-refractivity contribution in [2.45, 2.75) is 30.3 Å². The number of ether oxygens (including phenoxy) is 1. The number of methoxy groups -OCH3 is 1. The van der Waals surface area contributed by atoms with Crippen LogP contribution in [0.1, 0.15) is 29.7 Å². The van der Waals surface area contributed by atoms with Gasteiger partial charge in [-0.2, -0.15) is 0 Å². The minimum atomic E-state index is -3.36. The smallest absolute Gasteiger partial charge is 0.240 e. The summed E-state index contributed by atoms with van der Waals surface area (Å²) in [6.45, 7) is 2.16. The fourth-order valence-corrected chi connectivity index (χ4v) is 3.41. The molecule has 2 rings (SSSR count). The van der Waals surface area contributed by atoms with Crippen molar-refractivity contribution >= 4 is 15.7 Å². The second-order valence-corrected chi connectivity index (χ2v) is 8.46. The summed E-state index contributed by atoms with van der Waals surface area (Å²) in [5.41, 5.74) is 8.53. The molecule has 2 unspecified atom stereocenters. The van der Waals surface area contributed by atoms with Gasteiger partial charge in [0.05, 0.1) is 17.5 Å². The summed E-state index contributed by atoms with van der Waals surface area (Å²) >= 11 is 0. The van der Waals surface area contributed by atoms with Gasteiger partial charge in [-0.15, -0.1) is 0 Å². The fraction of sp³-hybridized carbons (Fsp3) is 0.350. The Kier molecular flexibility index (Phi) is 7.12. The van der Waals surface area contributed by atoms with E-state index in [0.717, 1.165) is 18.2 Å². The topological polar surface area (TPSA) is 98.5 Å². The molecule has 0 aliphatic rings. The van der Waals surface area contributed by atoms with Crippen LogP contribution in [0.3, 0.4) is 0 Å². The summed E-state index contributed by atoms with van der Waals surface area (Å²) in [7, 11) is -1.89. The zero-order chi connectivity index (χ0) is 20.0. The van der Waals surface area contributed by atoms with Gasteiger partial charge in [-0.1, -0.05) is 43.3 Å². The van der Waals surface area contributed by atoms with Gasteiger partial charge < -0.3 is 15.8 Å². The van der Waals surface area contributed by atoms with Crippen molar-refractivity contribution in [2.24, 2.45) is 5.73 Å². The highest BCUT2D eigenvalue weighted by molar-refractivity contribution is 7.90. The quantitative estimate of drug-likeness (QED) is 0.717. The Morgan fingerprint density at radius 2 is 1.81 bits per heavy atom. The summed E-state index contributed by atoms with van der Waals surface area (Å²) in [5, 5.41) is 2.91. The molecule has 0 saturated carbocycles. The number of benzene rings is 2. The molecule has 0 radical (unpaired) electrons. The van der Waals surface area contributed by atoms with Gasteiger partial charge in [0.15, 0.2) is 9.84 Å². The molecular weight excluding hydrogens is 364 g/mol. The van der Waals surface area contributed by atoms with Crippen LogP contribution >= 0.6 is 0 Å². The molecule has 27 heavy (non-hydrogen) atoms. The molecule has 3 N–H and O–H groups in total. The maximum atomic E-state index is 12.5. The highest BCUT2D eigenvalue weighted by Gasteiger charge is 2.22. The zero-order valence-corrected chi connectivity index (χ0v) is 16.6. The lowest BCUT2D eigenvalue weighted by atomic mass is 9.97. The maximum absolute atomic E-state index is 12.5. The van der Waals surface area contributed by atoms with Crippen LogP contribution < -0.4 is 11.1 Å². The third-order valence-electron chi connectivity index (χ3n) is 4.31. The van der Waals surface area contributed by atoms with E-state index in [4.69, 9.17) is 10.5 Å². The normalized spacial score (nSPS) is 13.8. The van der Waals surface area contributed by atoms with Crippen LogP contribution in [0, 0.1) is 0 Å². The summed E-state index contributed by atoms with van der Waals surface area (Å²) in [6.07, 6.45) is 2.06. The van der Waals surface area contributed by atoms with Crippen LogP contribution in [0.15, 0.2) is 53.4 Å². The predicted molar refractivity (Wildman–Crippen MR) is 105 cm³/mol. The standard InChI is InChI=1S/C20H26N2O4S/c1-4-14-8-10-15(11-9-14)19(22-20(23)18(21)13-26-2)16-6-5-7-17(12-16)27(3,24)25/h5-12,18-19H,4,13,21H2,1-3H3,(H,22,23). The van der Waals surface area contributed by atoms with Gasteiger partial charge in [-0.3, -0.25) is 4.79 Å². The van der Waals surface area contributed by atoms with E-state index in [2.05, 4.69) is 12.2 Å². The molecule has 0 heterocycles. The first kappa shape index (κ1) is 21.1. The first-order valence-electron chi connectivity index (χ1n) is 8.70. The van der Waals surface area contributed by atoms with Gasteiger partial charge in [-0.05, 0) is 35.2 Å². The SMILES string of the molecule is CCc1ccc(C(NC(=O)C(N)COC)c2cccc(S(C)(=O)=O)c2)cc1. The lowest BCUT2D eigenvalue weighted by Gasteiger charge is -2.22. The van der Waals surface area contributed by atoms with Crippen molar-refractivity contribution < 1.29 is 17.9 Å². The van der Waals surface area contributed by atoms with Crippen molar-refractivity contribution in [3.05, 3.63) is 65.2 Å². The molecule has 0 saturated heterocycles. The number of sulfone groups is 1. The van der Waals surface area contributed by atoms with Crippen molar-refractivity contribution in [3.8, 4) is 0 Å². The van der Waals surface area contributed by atoms with Gasteiger partial charge in [0.1, 0.15) is 6.04 Å². The minimum absolute atomic E-state index is 0.0940. The second-order valence-electron chi connectivity index (χ2n) is 6.44. The van der Waals surface area contributed by atoms with E-state index < -0.39 is 21.9 Å². The second kappa shape index (κ2) is 9.12. The molecule has 7 heteroatoms. The molecule has 0 aliphatic carbocycles. The van der Waals surface area contributed by atoms with E-state index in [9.17, 15) is 13.2 Å². The number of hydrogen-bond donors (Lipinski definition) is 2. The first-order valence-corrected chi connectivity index (χ1v) is 10.6. The number of aryl methyl sites for hydroxylation is 1. The number of nitrogens with one attached hydrogen (secondary N) is 1. The Morgan fingerprint density at radius 1 is 1.15 bits per heavy atom. The van der Waals surface area contributed by atoms with Gasteiger partial charge in [0, 0.05) is 13.4 Å². The van der Waals surface area contributed by atoms with Gasteiger partial charge in [0.2, 0.25) is 5.91 Å². The molecule has 146 valence electrons. The number of carbonyl (C=O) groups is 1. The monoisotopic (exact) mass is 390 g/mol.